The van der Waals surface area contributed by atoms with Crippen LogP contribution >= 0.6 is 11.6 Å². The highest BCUT2D eigenvalue weighted by Crippen LogP contribution is 2.41. The zero-order chi connectivity index (χ0) is 32.5. The number of piperidine rings is 1. The van der Waals surface area contributed by atoms with E-state index in [1.165, 1.54) is 4.90 Å². The molecule has 2 heterocycles. The van der Waals surface area contributed by atoms with Crippen molar-refractivity contribution in [2.75, 3.05) is 19.7 Å². The molecule has 242 valence electrons. The second kappa shape index (κ2) is 13.1. The minimum absolute atomic E-state index is 0.0126. The van der Waals surface area contributed by atoms with E-state index in [1.807, 2.05) is 36.4 Å². The first-order chi connectivity index (χ1) is 21.3. The van der Waals surface area contributed by atoms with Crippen molar-refractivity contribution in [2.24, 2.45) is 11.7 Å². The molecule has 4 N–H and O–H groups in total. The Balaban J connectivity index is 1.44. The molecule has 3 aliphatic rings. The van der Waals surface area contributed by atoms with Crippen molar-refractivity contribution in [3.63, 3.8) is 0 Å². The van der Waals surface area contributed by atoms with E-state index in [2.05, 4.69) is 5.32 Å². The molecule has 0 spiro atoms. The van der Waals surface area contributed by atoms with Gasteiger partial charge in [0.2, 0.25) is 17.7 Å². The van der Waals surface area contributed by atoms with Crippen LogP contribution < -0.4 is 11.1 Å². The Bertz CT molecular complexity index is 1450. The Morgan fingerprint density at radius 1 is 1.11 bits per heavy atom. The molecule has 0 aromatic heterocycles. The number of nitrogens with one attached hydrogen (secondary N) is 1. The number of halogens is 1. The quantitative estimate of drug-likeness (QED) is 0.382. The van der Waals surface area contributed by atoms with Gasteiger partial charge in [-0.05, 0) is 87.6 Å². The van der Waals surface area contributed by atoms with Gasteiger partial charge in [-0.2, -0.15) is 0 Å². The molecule has 2 aromatic rings. The molecular formula is C34H43ClN4O6. The van der Waals surface area contributed by atoms with E-state index in [4.69, 9.17) is 22.1 Å². The number of carboxylic acid groups (broad SMARTS) is 1. The van der Waals surface area contributed by atoms with Gasteiger partial charge in [-0.15, -0.1) is 0 Å². The summed E-state index contributed by atoms with van der Waals surface area (Å²) >= 11 is 6.16. The van der Waals surface area contributed by atoms with E-state index in [0.29, 0.717) is 37.3 Å². The second-order valence-corrected chi connectivity index (χ2v) is 13.7. The minimum atomic E-state index is -1.02. The van der Waals surface area contributed by atoms with Gasteiger partial charge in [0, 0.05) is 18.1 Å². The number of hydrogen-bond acceptors (Lipinski definition) is 6. The van der Waals surface area contributed by atoms with Gasteiger partial charge in [0.05, 0.1) is 30.5 Å². The monoisotopic (exact) mass is 638 g/mol. The molecule has 2 aromatic carbocycles. The molecule has 2 saturated heterocycles. The molecule has 0 bridgehead atoms. The first-order valence-electron chi connectivity index (χ1n) is 15.7. The second-order valence-electron chi connectivity index (χ2n) is 13.3. The third kappa shape index (κ3) is 7.03. The van der Waals surface area contributed by atoms with Crippen LogP contribution in [0, 0.1) is 5.92 Å². The van der Waals surface area contributed by atoms with E-state index < -0.39 is 41.1 Å². The normalized spacial score (nSPS) is 25.4. The lowest BCUT2D eigenvalue weighted by molar-refractivity contribution is -0.151. The number of aliphatic carboxylic acids is 1. The molecule has 2 unspecified atom stereocenters. The fraction of sp³-hybridized carbons (Fsp3) is 0.529. The number of ether oxygens (including phenoxy) is 1. The van der Waals surface area contributed by atoms with E-state index >= 15 is 0 Å². The Morgan fingerprint density at radius 2 is 1.82 bits per heavy atom. The SMILES string of the molecule is CC(N)C(=O)N1[C@H](C(=O)N[C@@]2(Cc3ccc(Cl)cc3)CCCN(C(=O)C(CC(=O)O)[C@@H]3CCc4ccccc43)C2)COC1(C)C. The molecule has 1 aliphatic carbocycles. The first-order valence-corrected chi connectivity index (χ1v) is 16.1. The standard InChI is InChI=1S/C34H43ClN4O6/c1-21(36)31(43)39-28(19-45-33(39,2)3)30(42)37-34(18-22-9-12-24(35)13-10-22)15-6-16-38(20-34)32(44)27(17-29(40)41)26-14-11-23-7-4-5-8-25(23)26/h4-5,7-10,12-13,21,26-28H,6,11,14-20,36H2,1-3H3,(H,37,42)(H,40,41)/t21?,26-,27?,28+,34-/m1/s1. The van der Waals surface area contributed by atoms with Gasteiger partial charge in [-0.25, -0.2) is 0 Å². The number of aryl methyl sites for hydroxylation is 1. The number of carboxylic acids is 1. The van der Waals surface area contributed by atoms with Gasteiger partial charge < -0.3 is 25.8 Å². The number of carbonyl (C=O) groups is 4. The van der Waals surface area contributed by atoms with Gasteiger partial charge >= 0.3 is 5.97 Å². The molecule has 2 fully saturated rings. The summed E-state index contributed by atoms with van der Waals surface area (Å²) in [6, 6.07) is 13.6. The van der Waals surface area contributed by atoms with Gasteiger partial charge in [0.15, 0.2) is 0 Å². The number of amides is 3. The van der Waals surface area contributed by atoms with Gasteiger partial charge in [0.1, 0.15) is 11.8 Å². The summed E-state index contributed by atoms with van der Waals surface area (Å²) in [5, 5.41) is 13.7. The van der Waals surface area contributed by atoms with Crippen LogP contribution in [0.1, 0.15) is 69.1 Å². The van der Waals surface area contributed by atoms with Crippen LogP contribution in [0.3, 0.4) is 0 Å². The average Bonchev–Trinajstić information content (AvgIpc) is 3.56. The highest BCUT2D eigenvalue weighted by molar-refractivity contribution is 6.30. The highest BCUT2D eigenvalue weighted by atomic mass is 35.5. The molecule has 3 amide bonds. The minimum Gasteiger partial charge on any atom is -0.481 e. The number of fused-ring (bicyclic) bond motifs is 1. The Kier molecular flexibility index (Phi) is 9.58. The number of carbonyl (C=O) groups excluding carboxylic acids is 3. The fourth-order valence-electron chi connectivity index (χ4n) is 7.41. The molecule has 5 rings (SSSR count). The predicted octanol–water partition coefficient (Wildman–Crippen LogP) is 3.49. The highest BCUT2D eigenvalue weighted by Gasteiger charge is 2.50. The largest absolute Gasteiger partial charge is 0.481 e. The predicted molar refractivity (Wildman–Crippen MR) is 169 cm³/mol. The van der Waals surface area contributed by atoms with Crippen molar-refractivity contribution in [1.82, 2.24) is 15.1 Å². The topological polar surface area (TPSA) is 142 Å². The van der Waals surface area contributed by atoms with E-state index in [-0.39, 0.29) is 37.3 Å². The zero-order valence-corrected chi connectivity index (χ0v) is 26.9. The molecule has 5 atom stereocenters. The maximum Gasteiger partial charge on any atom is 0.304 e. The van der Waals surface area contributed by atoms with E-state index in [1.54, 1.807) is 37.8 Å². The van der Waals surface area contributed by atoms with Gasteiger partial charge in [-0.1, -0.05) is 48.0 Å². The summed E-state index contributed by atoms with van der Waals surface area (Å²) in [5.41, 5.74) is 7.16. The van der Waals surface area contributed by atoms with Crippen molar-refractivity contribution < 1.29 is 29.0 Å². The Hall–Kier alpha value is -3.47. The Labute approximate surface area is 269 Å². The van der Waals surface area contributed by atoms with Crippen LogP contribution in [0.25, 0.3) is 0 Å². The van der Waals surface area contributed by atoms with E-state index in [9.17, 15) is 24.3 Å². The summed E-state index contributed by atoms with van der Waals surface area (Å²) in [6.45, 7) is 5.70. The van der Waals surface area contributed by atoms with Gasteiger partial charge in [0.25, 0.3) is 0 Å². The van der Waals surface area contributed by atoms with Crippen molar-refractivity contribution in [1.29, 1.82) is 0 Å². The van der Waals surface area contributed by atoms with Crippen LogP contribution in [-0.2, 0) is 36.8 Å². The lowest BCUT2D eigenvalue weighted by Gasteiger charge is -2.45. The molecule has 2 aliphatic heterocycles. The first kappa shape index (κ1) is 32.9. The summed E-state index contributed by atoms with van der Waals surface area (Å²) in [6.07, 6.45) is 2.85. The summed E-state index contributed by atoms with van der Waals surface area (Å²) < 4.78 is 5.88. The van der Waals surface area contributed by atoms with Crippen LogP contribution in [0.4, 0.5) is 0 Å². The lowest BCUT2D eigenvalue weighted by atomic mass is 9.80. The number of benzene rings is 2. The van der Waals surface area contributed by atoms with E-state index in [0.717, 1.165) is 23.1 Å². The summed E-state index contributed by atoms with van der Waals surface area (Å²) in [5.74, 6) is -2.92. The lowest BCUT2D eigenvalue weighted by Crippen LogP contribution is -2.65. The number of nitrogens with zero attached hydrogens (tertiary/aromatic N) is 2. The summed E-state index contributed by atoms with van der Waals surface area (Å²) in [7, 11) is 0. The number of nitrogens with two attached hydrogens (primary N) is 1. The van der Waals surface area contributed by atoms with Gasteiger partial charge in [-0.3, -0.25) is 24.1 Å². The molecular weight excluding hydrogens is 596 g/mol. The third-order valence-corrected chi connectivity index (χ3v) is 9.78. The Morgan fingerprint density at radius 3 is 2.51 bits per heavy atom. The van der Waals surface area contributed by atoms with Crippen LogP contribution in [0.2, 0.25) is 5.02 Å². The number of rotatable bonds is 9. The maximum absolute atomic E-state index is 14.3. The van der Waals surface area contributed by atoms with Crippen molar-refractivity contribution in [2.45, 2.75) is 88.6 Å². The average molecular weight is 639 g/mol. The zero-order valence-electron chi connectivity index (χ0n) is 26.1. The maximum atomic E-state index is 14.3. The molecule has 0 saturated carbocycles. The number of likely N-dealkylation sites (tertiary alicyclic amines) is 1. The van der Waals surface area contributed by atoms with Crippen LogP contribution in [0.5, 0.6) is 0 Å². The van der Waals surface area contributed by atoms with Crippen molar-refractivity contribution in [3.05, 3.63) is 70.2 Å². The fourth-order valence-corrected chi connectivity index (χ4v) is 7.54. The molecule has 0 radical (unpaired) electrons. The smallest absolute Gasteiger partial charge is 0.304 e. The summed E-state index contributed by atoms with van der Waals surface area (Å²) in [4.78, 5) is 56.7. The number of hydrogen-bond donors (Lipinski definition) is 3. The van der Waals surface area contributed by atoms with Crippen LogP contribution in [0.15, 0.2) is 48.5 Å². The third-order valence-electron chi connectivity index (χ3n) is 9.53. The van der Waals surface area contributed by atoms with Crippen molar-refractivity contribution in [3.8, 4) is 0 Å². The van der Waals surface area contributed by atoms with Crippen LogP contribution in [-0.4, -0.2) is 81.6 Å². The molecule has 11 heteroatoms. The molecule has 10 nitrogen and oxygen atoms in total. The molecule has 45 heavy (non-hydrogen) atoms. The van der Waals surface area contributed by atoms with Crippen molar-refractivity contribution >= 4 is 35.3 Å².